The van der Waals surface area contributed by atoms with Gasteiger partial charge < -0.3 is 0 Å². The molecule has 0 aliphatic heterocycles. The molecule has 0 spiro atoms. The van der Waals surface area contributed by atoms with E-state index in [-0.39, 0.29) is 0 Å². The fourth-order valence-electron chi connectivity index (χ4n) is 2.97. The van der Waals surface area contributed by atoms with Crippen LogP contribution in [0.4, 0.5) is 0 Å². The molecule has 2 rings (SSSR count). The Labute approximate surface area is 131 Å². The van der Waals surface area contributed by atoms with E-state index in [1.807, 2.05) is 0 Å². The lowest BCUT2D eigenvalue weighted by atomic mass is 9.94. The van der Waals surface area contributed by atoms with Gasteiger partial charge in [0.1, 0.15) is 0 Å². The van der Waals surface area contributed by atoms with Gasteiger partial charge in [-0.05, 0) is 60.4 Å². The molecular weight excluding hydrogens is 252 g/mol. The Bertz CT molecular complexity index is 542. The molecular formula is C21H30. The van der Waals surface area contributed by atoms with Gasteiger partial charge in [0.15, 0.2) is 0 Å². The minimum atomic E-state index is 0.649. The van der Waals surface area contributed by atoms with Crippen molar-refractivity contribution >= 4 is 0 Å². The quantitative estimate of drug-likeness (QED) is 0.586. The van der Waals surface area contributed by atoms with Crippen LogP contribution in [0.1, 0.15) is 67.3 Å². The van der Waals surface area contributed by atoms with E-state index in [1.54, 1.807) is 0 Å². The van der Waals surface area contributed by atoms with Gasteiger partial charge in [-0.1, -0.05) is 70.2 Å². The highest BCUT2D eigenvalue weighted by Gasteiger charge is 2.04. The van der Waals surface area contributed by atoms with Crippen molar-refractivity contribution in [1.82, 2.24) is 0 Å². The number of hydrogen-bond donors (Lipinski definition) is 0. The van der Waals surface area contributed by atoms with Crippen LogP contribution in [0.15, 0.2) is 42.5 Å². The van der Waals surface area contributed by atoms with Crippen molar-refractivity contribution in [2.45, 2.75) is 60.3 Å². The van der Waals surface area contributed by atoms with Crippen LogP contribution in [0.2, 0.25) is 0 Å². The zero-order valence-electron chi connectivity index (χ0n) is 14.7. The van der Waals surface area contributed by atoms with Crippen LogP contribution >= 0.6 is 0 Å². The van der Waals surface area contributed by atoms with Crippen molar-refractivity contribution in [2.75, 3.05) is 0 Å². The molecule has 114 valence electrons. The molecule has 0 saturated carbocycles. The molecule has 0 N–H and O–H groups in total. The minimum absolute atomic E-state index is 0.649. The van der Waals surface area contributed by atoms with E-state index in [1.165, 1.54) is 27.8 Å². The van der Waals surface area contributed by atoms with Gasteiger partial charge in [-0.2, -0.15) is 0 Å². The second-order valence-corrected chi connectivity index (χ2v) is 6.47. The van der Waals surface area contributed by atoms with Crippen molar-refractivity contribution in [3.63, 3.8) is 0 Å². The molecule has 0 fully saturated rings. The summed E-state index contributed by atoms with van der Waals surface area (Å²) in [6.45, 7) is 15.5. The van der Waals surface area contributed by atoms with E-state index < -0.39 is 0 Å². The molecule has 0 nitrogen and oxygen atoms in total. The van der Waals surface area contributed by atoms with Gasteiger partial charge in [-0.25, -0.2) is 0 Å². The monoisotopic (exact) mass is 282 g/mol. The molecule has 2 aromatic carbocycles. The van der Waals surface area contributed by atoms with E-state index in [9.17, 15) is 0 Å². The first-order chi connectivity index (χ1) is 9.84. The van der Waals surface area contributed by atoms with Gasteiger partial charge in [0, 0.05) is 0 Å². The lowest BCUT2D eigenvalue weighted by Crippen LogP contribution is -1.94. The molecule has 0 radical (unpaired) electrons. The Morgan fingerprint density at radius 1 is 0.571 bits per heavy atom. The van der Waals surface area contributed by atoms with Gasteiger partial charge in [-0.3, -0.25) is 0 Å². The molecule has 0 bridgehead atoms. The third kappa shape index (κ3) is 5.04. The predicted octanol–water partition coefficient (Wildman–Crippen LogP) is 6.55. The molecule has 0 heterocycles. The Hall–Kier alpha value is -1.56. The first-order valence-corrected chi connectivity index (χ1v) is 7.96. The van der Waals surface area contributed by atoms with E-state index in [0.717, 1.165) is 0 Å². The van der Waals surface area contributed by atoms with Crippen molar-refractivity contribution in [2.24, 2.45) is 0 Å². The van der Waals surface area contributed by atoms with Crippen LogP contribution < -0.4 is 0 Å². The molecule has 0 unspecified atom stereocenters. The van der Waals surface area contributed by atoms with Gasteiger partial charge in [-0.15, -0.1) is 0 Å². The molecule has 21 heavy (non-hydrogen) atoms. The minimum Gasteiger partial charge on any atom is -0.0620 e. The fourth-order valence-corrected chi connectivity index (χ4v) is 2.97. The SMILES string of the molecule is Cc1cccc(C)c1C(C)C.Cc1ccccc1C(C)C. The summed E-state index contributed by atoms with van der Waals surface area (Å²) in [5.41, 5.74) is 7.20. The zero-order chi connectivity index (χ0) is 16.0. The van der Waals surface area contributed by atoms with E-state index in [0.29, 0.717) is 11.8 Å². The van der Waals surface area contributed by atoms with E-state index in [4.69, 9.17) is 0 Å². The average molecular weight is 282 g/mol. The molecule has 2 aromatic rings. The second kappa shape index (κ2) is 8.02. The Morgan fingerprint density at radius 3 is 1.38 bits per heavy atom. The third-order valence-electron chi connectivity index (χ3n) is 3.93. The Morgan fingerprint density at radius 2 is 1.05 bits per heavy atom. The average Bonchev–Trinajstić information content (AvgIpc) is 2.39. The summed E-state index contributed by atoms with van der Waals surface area (Å²) in [5, 5.41) is 0. The number of aryl methyl sites for hydroxylation is 3. The smallest absolute Gasteiger partial charge is 0.0214 e. The summed E-state index contributed by atoms with van der Waals surface area (Å²) >= 11 is 0. The first kappa shape index (κ1) is 17.5. The maximum atomic E-state index is 2.25. The van der Waals surface area contributed by atoms with Gasteiger partial charge in [0.2, 0.25) is 0 Å². The number of benzene rings is 2. The fraction of sp³-hybridized carbons (Fsp3) is 0.429. The first-order valence-electron chi connectivity index (χ1n) is 7.96. The maximum Gasteiger partial charge on any atom is -0.0214 e. The summed E-state index contributed by atoms with van der Waals surface area (Å²) in [5.74, 6) is 1.30. The maximum absolute atomic E-state index is 2.25. The predicted molar refractivity (Wildman–Crippen MR) is 95.3 cm³/mol. The van der Waals surface area contributed by atoms with Crippen molar-refractivity contribution in [3.8, 4) is 0 Å². The van der Waals surface area contributed by atoms with Gasteiger partial charge in [0.25, 0.3) is 0 Å². The molecule has 0 heteroatoms. The van der Waals surface area contributed by atoms with Crippen molar-refractivity contribution in [1.29, 1.82) is 0 Å². The standard InChI is InChI=1S/C11H16.C10H14/c1-8(2)11-9(3)6-5-7-10(11)4;1-8(2)10-7-5-4-6-9(10)3/h5-8H,1-4H3;4-8H,1-3H3. The van der Waals surface area contributed by atoms with Crippen LogP contribution in [0.3, 0.4) is 0 Å². The summed E-state index contributed by atoms with van der Waals surface area (Å²) in [6.07, 6.45) is 0. The van der Waals surface area contributed by atoms with Gasteiger partial charge in [0.05, 0.1) is 0 Å². The molecule has 0 aliphatic carbocycles. The van der Waals surface area contributed by atoms with Gasteiger partial charge >= 0.3 is 0 Å². The second-order valence-electron chi connectivity index (χ2n) is 6.47. The van der Waals surface area contributed by atoms with Crippen molar-refractivity contribution in [3.05, 3.63) is 70.3 Å². The lowest BCUT2D eigenvalue weighted by Gasteiger charge is -2.12. The van der Waals surface area contributed by atoms with E-state index in [2.05, 4.69) is 90.9 Å². The molecule has 0 aliphatic rings. The van der Waals surface area contributed by atoms with Crippen LogP contribution in [-0.2, 0) is 0 Å². The van der Waals surface area contributed by atoms with E-state index >= 15 is 0 Å². The summed E-state index contributed by atoms with van der Waals surface area (Å²) in [7, 11) is 0. The highest BCUT2D eigenvalue weighted by atomic mass is 14.1. The molecule has 0 amide bonds. The van der Waals surface area contributed by atoms with Crippen LogP contribution in [0.25, 0.3) is 0 Å². The zero-order valence-corrected chi connectivity index (χ0v) is 14.7. The third-order valence-corrected chi connectivity index (χ3v) is 3.93. The lowest BCUT2D eigenvalue weighted by molar-refractivity contribution is 0.846. The number of hydrogen-bond acceptors (Lipinski definition) is 0. The summed E-state index contributed by atoms with van der Waals surface area (Å²) < 4.78 is 0. The van der Waals surface area contributed by atoms with Crippen LogP contribution in [0, 0.1) is 20.8 Å². The molecule has 0 aromatic heterocycles. The molecule has 0 atom stereocenters. The number of rotatable bonds is 2. The summed E-state index contributed by atoms with van der Waals surface area (Å²) in [6, 6.07) is 15.0. The van der Waals surface area contributed by atoms with Crippen LogP contribution in [-0.4, -0.2) is 0 Å². The largest absolute Gasteiger partial charge is 0.0620 e. The topological polar surface area (TPSA) is 0 Å². The Kier molecular flexibility index (Phi) is 6.68. The molecule has 0 saturated heterocycles. The highest BCUT2D eigenvalue weighted by Crippen LogP contribution is 2.22. The van der Waals surface area contributed by atoms with Crippen LogP contribution in [0.5, 0.6) is 0 Å². The summed E-state index contributed by atoms with van der Waals surface area (Å²) in [4.78, 5) is 0. The normalized spacial score (nSPS) is 10.5. The van der Waals surface area contributed by atoms with Crippen molar-refractivity contribution < 1.29 is 0 Å². The Balaban J connectivity index is 0.000000211. The highest BCUT2D eigenvalue weighted by molar-refractivity contribution is 5.35.